The van der Waals surface area contributed by atoms with Crippen molar-refractivity contribution >= 4 is 65.0 Å². The summed E-state index contributed by atoms with van der Waals surface area (Å²) in [4.78, 5) is 141. The molecule has 0 aromatic heterocycles. The summed E-state index contributed by atoms with van der Waals surface area (Å²) in [6.07, 6.45) is 0.544. The predicted octanol–water partition coefficient (Wildman–Crippen LogP) is -1.32. The Balaban J connectivity index is 3.20. The van der Waals surface area contributed by atoms with Crippen LogP contribution in [0.1, 0.15) is 92.9 Å². The number of ketones is 1. The highest BCUT2D eigenvalue weighted by Crippen LogP contribution is 2.21. The second-order valence-electron chi connectivity index (χ2n) is 14.7. The number of aliphatic carboxylic acids is 2. The van der Waals surface area contributed by atoms with Crippen molar-refractivity contribution in [3.05, 3.63) is 12.7 Å². The van der Waals surface area contributed by atoms with E-state index < -0.39 is 139 Å². The number of carboxylic acid groups (broad SMARTS) is 2. The Morgan fingerprint density at radius 2 is 1.29 bits per heavy atom. The van der Waals surface area contributed by atoms with Gasteiger partial charge in [0, 0.05) is 26.3 Å². The van der Waals surface area contributed by atoms with Gasteiger partial charge in [0.15, 0.2) is 0 Å². The SMILES string of the molecule is C=CCOC(=O)CNC(=O)C(=O)C(CCC)NC(=O)[C@@H]1CCCN1C(=O)C(NC(=O)C(NC(=O)C(CCC(=O)O)NC(=O)C(CCC(=O)O)NC(C)=O)C(C)C)C(C)C. The smallest absolute Gasteiger partial charge is 0.325 e. The number of esters is 1. The van der Waals surface area contributed by atoms with Crippen LogP contribution in [0.2, 0.25) is 0 Å². The second-order valence-corrected chi connectivity index (χ2v) is 14.7. The molecule has 0 bridgehead atoms. The Hall–Kier alpha value is -5.89. The highest BCUT2D eigenvalue weighted by Gasteiger charge is 2.41. The Morgan fingerprint density at radius 1 is 0.746 bits per heavy atom. The van der Waals surface area contributed by atoms with E-state index >= 15 is 0 Å². The number of likely N-dealkylation sites (tertiary alicyclic amines) is 1. The molecule has 5 unspecified atom stereocenters. The molecule has 7 amide bonds. The molecule has 59 heavy (non-hydrogen) atoms. The van der Waals surface area contributed by atoms with Crippen LogP contribution in [0.5, 0.6) is 0 Å². The molecule has 1 aliphatic rings. The van der Waals surface area contributed by atoms with Crippen LogP contribution in [0.3, 0.4) is 0 Å². The quantitative estimate of drug-likeness (QED) is 0.0285. The van der Waals surface area contributed by atoms with Crippen LogP contribution in [0, 0.1) is 11.8 Å². The van der Waals surface area contributed by atoms with Crippen LogP contribution in [0.4, 0.5) is 0 Å². The Morgan fingerprint density at radius 3 is 1.80 bits per heavy atom. The molecule has 1 saturated heterocycles. The molecule has 0 aliphatic carbocycles. The van der Waals surface area contributed by atoms with Gasteiger partial charge in [-0.2, -0.15) is 0 Å². The van der Waals surface area contributed by atoms with Crippen molar-refractivity contribution in [3.63, 3.8) is 0 Å². The molecule has 21 nitrogen and oxygen atoms in total. The van der Waals surface area contributed by atoms with Crippen LogP contribution in [0.15, 0.2) is 12.7 Å². The Labute approximate surface area is 342 Å². The van der Waals surface area contributed by atoms with Crippen molar-refractivity contribution in [2.45, 2.75) is 129 Å². The number of hydrogen-bond acceptors (Lipinski definition) is 12. The molecule has 1 rings (SSSR count). The van der Waals surface area contributed by atoms with Gasteiger partial charge < -0.3 is 51.8 Å². The number of nitrogens with zero attached hydrogens (tertiary/aromatic N) is 1. The lowest BCUT2D eigenvalue weighted by molar-refractivity contribution is -0.146. The van der Waals surface area contributed by atoms with Gasteiger partial charge in [0.25, 0.3) is 5.91 Å². The van der Waals surface area contributed by atoms with Crippen molar-refractivity contribution in [1.82, 2.24) is 36.8 Å². The molecule has 0 aromatic carbocycles. The average Bonchev–Trinajstić information content (AvgIpc) is 3.66. The van der Waals surface area contributed by atoms with Gasteiger partial charge in [-0.1, -0.05) is 53.7 Å². The molecule has 0 spiro atoms. The first-order valence-corrected chi connectivity index (χ1v) is 19.5. The fourth-order valence-corrected chi connectivity index (χ4v) is 6.04. The monoisotopic (exact) mass is 837 g/mol. The molecular weight excluding hydrogens is 778 g/mol. The standard InChI is InChI=1S/C38H59N7O14/c1-8-11-23(32(52)37(57)39-19-29(51)59-18-9-2)41-35(55)26-12-10-17-45(26)38(58)31(21(5)6)44-36(56)30(20(3)4)43-34(54)25(14-16-28(49)50)42-33(53)24(40-22(7)46)13-15-27(47)48/h9,20-21,23-26,30-31H,2,8,10-19H2,1,3-7H3,(H,39,57)(H,40,46)(H,41,55)(H,42,53)(H,43,54)(H,44,56)(H,47,48)(H,49,50)/t23?,24?,25?,26-,30?,31?/m0/s1. The van der Waals surface area contributed by atoms with Crippen molar-refractivity contribution in [1.29, 1.82) is 0 Å². The van der Waals surface area contributed by atoms with Gasteiger partial charge in [0.05, 0.1) is 6.04 Å². The minimum absolute atomic E-state index is 0.0774. The number of hydrogen-bond donors (Lipinski definition) is 8. The van der Waals surface area contributed by atoms with E-state index in [1.165, 1.54) is 11.0 Å². The summed E-state index contributed by atoms with van der Waals surface area (Å²) in [7, 11) is 0. The third-order valence-electron chi connectivity index (χ3n) is 9.13. The van der Waals surface area contributed by atoms with Gasteiger partial charge in [-0.05, 0) is 43.9 Å². The molecule has 0 saturated carbocycles. The van der Waals surface area contributed by atoms with Gasteiger partial charge >= 0.3 is 17.9 Å². The summed E-state index contributed by atoms with van der Waals surface area (Å²) in [5.41, 5.74) is 0. The number of nitrogens with one attached hydrogen (secondary N) is 6. The maximum Gasteiger partial charge on any atom is 0.325 e. The topological polar surface area (TPSA) is 313 Å². The van der Waals surface area contributed by atoms with E-state index in [1.54, 1.807) is 34.6 Å². The predicted molar refractivity (Wildman–Crippen MR) is 208 cm³/mol. The molecule has 1 fully saturated rings. The molecule has 6 atom stereocenters. The molecular formula is C38H59N7O14. The second kappa shape index (κ2) is 25.5. The number of rotatable bonds is 26. The van der Waals surface area contributed by atoms with Gasteiger partial charge in [-0.25, -0.2) is 0 Å². The van der Waals surface area contributed by atoms with E-state index in [-0.39, 0.29) is 32.4 Å². The zero-order valence-electron chi connectivity index (χ0n) is 34.4. The van der Waals surface area contributed by atoms with Gasteiger partial charge in [0.2, 0.25) is 41.2 Å². The number of amides is 7. The molecule has 0 radical (unpaired) electrons. The number of ether oxygens (including phenoxy) is 1. The summed E-state index contributed by atoms with van der Waals surface area (Å²) < 4.78 is 4.77. The van der Waals surface area contributed by atoms with Gasteiger partial charge in [0.1, 0.15) is 43.4 Å². The number of carbonyl (C=O) groups is 11. The van der Waals surface area contributed by atoms with Crippen LogP contribution in [-0.4, -0.2) is 136 Å². The van der Waals surface area contributed by atoms with Crippen molar-refractivity contribution in [2.24, 2.45) is 11.8 Å². The maximum atomic E-state index is 14.0. The summed E-state index contributed by atoms with van der Waals surface area (Å²) in [5.74, 6) is -11.4. The lowest BCUT2D eigenvalue weighted by atomic mass is 9.98. The fourth-order valence-electron chi connectivity index (χ4n) is 6.04. The lowest BCUT2D eigenvalue weighted by Crippen LogP contribution is -2.61. The van der Waals surface area contributed by atoms with Crippen LogP contribution in [0.25, 0.3) is 0 Å². The van der Waals surface area contributed by atoms with Gasteiger partial charge in [-0.15, -0.1) is 0 Å². The first kappa shape index (κ1) is 51.1. The highest BCUT2D eigenvalue weighted by atomic mass is 16.5. The maximum absolute atomic E-state index is 14.0. The van der Waals surface area contributed by atoms with E-state index in [0.717, 1.165) is 6.92 Å². The zero-order valence-corrected chi connectivity index (χ0v) is 34.4. The number of Topliss-reactive ketones (excluding diaryl/α,β-unsaturated/α-hetero) is 1. The summed E-state index contributed by atoms with van der Waals surface area (Å²) >= 11 is 0. The minimum Gasteiger partial charge on any atom is -0.481 e. The Kier molecular flexibility index (Phi) is 22.1. The summed E-state index contributed by atoms with van der Waals surface area (Å²) in [6, 6.07) is -7.79. The first-order valence-electron chi connectivity index (χ1n) is 19.5. The van der Waals surface area contributed by atoms with E-state index in [2.05, 4.69) is 38.5 Å². The van der Waals surface area contributed by atoms with E-state index in [0.29, 0.717) is 12.8 Å². The number of carbonyl (C=O) groups excluding carboxylic acids is 9. The summed E-state index contributed by atoms with van der Waals surface area (Å²) in [5, 5.41) is 32.9. The first-order chi connectivity index (χ1) is 27.6. The zero-order chi connectivity index (χ0) is 45.0. The molecule has 1 aliphatic heterocycles. The molecule has 0 aromatic rings. The molecule has 1 heterocycles. The lowest BCUT2D eigenvalue weighted by Gasteiger charge is -2.33. The van der Waals surface area contributed by atoms with Crippen molar-refractivity contribution in [3.8, 4) is 0 Å². The molecule has 330 valence electrons. The largest absolute Gasteiger partial charge is 0.481 e. The Bertz CT molecular complexity index is 1580. The van der Waals surface area contributed by atoms with Gasteiger partial charge in [-0.3, -0.25) is 52.7 Å². The van der Waals surface area contributed by atoms with Crippen LogP contribution >= 0.6 is 0 Å². The molecule has 21 heteroatoms. The average molecular weight is 838 g/mol. The molecule has 8 N–H and O–H groups in total. The third-order valence-corrected chi connectivity index (χ3v) is 9.13. The normalized spacial score (nSPS) is 16.0. The van der Waals surface area contributed by atoms with E-state index in [4.69, 9.17) is 9.84 Å². The summed E-state index contributed by atoms with van der Waals surface area (Å²) in [6.45, 7) is 12.1. The minimum atomic E-state index is -1.53. The van der Waals surface area contributed by atoms with E-state index in [1.807, 2.05) is 0 Å². The highest BCUT2D eigenvalue weighted by molar-refractivity contribution is 6.38. The van der Waals surface area contributed by atoms with Crippen LogP contribution < -0.4 is 31.9 Å². The van der Waals surface area contributed by atoms with Crippen LogP contribution in [-0.2, 0) is 57.5 Å². The van der Waals surface area contributed by atoms with Crippen molar-refractivity contribution in [2.75, 3.05) is 19.7 Å². The van der Waals surface area contributed by atoms with E-state index in [9.17, 15) is 57.8 Å². The third kappa shape index (κ3) is 17.6. The number of carboxylic acids is 2. The fraction of sp³-hybridized carbons (Fsp3) is 0.658. The van der Waals surface area contributed by atoms with Crippen molar-refractivity contribution < 1.29 is 67.7 Å².